The van der Waals surface area contributed by atoms with Crippen molar-refractivity contribution >= 4 is 79.8 Å². The van der Waals surface area contributed by atoms with Crippen LogP contribution >= 0.6 is 58.2 Å². The highest BCUT2D eigenvalue weighted by Gasteiger charge is 2.20. The molecule has 0 fully saturated rings. The summed E-state index contributed by atoms with van der Waals surface area (Å²) in [5, 5.41) is 4.54. The molecule has 0 aliphatic carbocycles. The molecule has 0 bridgehead atoms. The van der Waals surface area contributed by atoms with E-state index >= 15 is 0 Å². The molecule has 0 aliphatic heterocycles. The van der Waals surface area contributed by atoms with Crippen LogP contribution in [0.3, 0.4) is 0 Å². The maximum Gasteiger partial charge on any atom is 0.232 e. The van der Waals surface area contributed by atoms with Gasteiger partial charge >= 0.3 is 0 Å². The zero-order chi connectivity index (χ0) is 23.0. The summed E-state index contributed by atoms with van der Waals surface area (Å²) in [6.45, 7) is 0.638. The van der Waals surface area contributed by atoms with E-state index in [1.54, 1.807) is 30.0 Å². The van der Waals surface area contributed by atoms with Crippen LogP contribution in [0.25, 0.3) is 0 Å². The molecular formula is C20H22Cl4N2O3S2. The largest absolute Gasteiger partial charge is 0.355 e. The third-order valence-electron chi connectivity index (χ3n) is 4.16. The number of amides is 1. The Kier molecular flexibility index (Phi) is 10.6. The number of carbonyl (C=O) groups excluding carboxylic acids is 1. The van der Waals surface area contributed by atoms with Gasteiger partial charge in [-0.25, -0.2) is 8.42 Å². The SMILES string of the molecule is CS(=O)(=O)N(CCCC(=O)NCCSCc1ccc(Cl)c(Cl)c1)c1cc(Cl)ccc1Cl. The van der Waals surface area contributed by atoms with Gasteiger partial charge in [0.05, 0.1) is 27.0 Å². The van der Waals surface area contributed by atoms with Crippen LogP contribution in [-0.4, -0.2) is 39.4 Å². The molecular weight excluding hydrogens is 522 g/mol. The molecule has 31 heavy (non-hydrogen) atoms. The Hall–Kier alpha value is -0.830. The van der Waals surface area contributed by atoms with Crippen molar-refractivity contribution in [1.29, 1.82) is 0 Å². The van der Waals surface area contributed by atoms with Crippen molar-refractivity contribution in [3.05, 3.63) is 62.1 Å². The van der Waals surface area contributed by atoms with Crippen molar-refractivity contribution in [2.45, 2.75) is 18.6 Å². The zero-order valence-electron chi connectivity index (χ0n) is 16.7. The molecule has 11 heteroatoms. The molecule has 0 heterocycles. The third kappa shape index (κ3) is 8.91. The molecule has 2 aromatic carbocycles. The highest BCUT2D eigenvalue weighted by molar-refractivity contribution is 7.98. The quantitative estimate of drug-likeness (QED) is 0.358. The zero-order valence-corrected chi connectivity index (χ0v) is 21.4. The lowest BCUT2D eigenvalue weighted by atomic mass is 10.2. The number of nitrogens with zero attached hydrogens (tertiary/aromatic N) is 1. The van der Waals surface area contributed by atoms with Crippen LogP contribution < -0.4 is 9.62 Å². The molecule has 2 rings (SSSR count). The van der Waals surface area contributed by atoms with Crippen LogP contribution in [0, 0.1) is 0 Å². The second-order valence-corrected chi connectivity index (χ2v) is 11.4. The Bertz CT molecular complexity index is 1020. The normalized spacial score (nSPS) is 11.4. The first-order chi connectivity index (χ1) is 14.6. The number of benzene rings is 2. The summed E-state index contributed by atoms with van der Waals surface area (Å²) < 4.78 is 25.5. The van der Waals surface area contributed by atoms with E-state index in [1.807, 2.05) is 12.1 Å². The second kappa shape index (κ2) is 12.4. The number of hydrogen-bond donors (Lipinski definition) is 1. The Morgan fingerprint density at radius 1 is 1.03 bits per heavy atom. The molecule has 0 spiro atoms. The number of anilines is 1. The van der Waals surface area contributed by atoms with Crippen LogP contribution in [0.5, 0.6) is 0 Å². The summed E-state index contributed by atoms with van der Waals surface area (Å²) in [7, 11) is -3.57. The van der Waals surface area contributed by atoms with Crippen molar-refractivity contribution in [3.8, 4) is 0 Å². The lowest BCUT2D eigenvalue weighted by molar-refractivity contribution is -0.121. The summed E-state index contributed by atoms with van der Waals surface area (Å²) in [5.41, 5.74) is 1.36. The Balaban J connectivity index is 1.74. The fraction of sp³-hybridized carbons (Fsp3) is 0.350. The average Bonchev–Trinajstić information content (AvgIpc) is 2.69. The molecule has 1 amide bonds. The topological polar surface area (TPSA) is 66.5 Å². The Morgan fingerprint density at radius 2 is 1.74 bits per heavy atom. The van der Waals surface area contributed by atoms with Gasteiger partial charge in [-0.15, -0.1) is 0 Å². The smallest absolute Gasteiger partial charge is 0.232 e. The van der Waals surface area contributed by atoms with Gasteiger partial charge in [0, 0.05) is 36.0 Å². The molecule has 1 N–H and O–H groups in total. The number of carbonyl (C=O) groups is 1. The number of nitrogens with one attached hydrogen (secondary N) is 1. The van der Waals surface area contributed by atoms with Gasteiger partial charge in [-0.1, -0.05) is 52.5 Å². The standard InChI is InChI=1S/C20H22Cl4N2O3S2/c1-31(28,29)26(19-12-15(21)5-7-17(19)23)9-2-3-20(27)25-8-10-30-13-14-4-6-16(22)18(24)11-14/h4-7,11-12H,2-3,8-10,13H2,1H3,(H,25,27). The first kappa shape index (κ1) is 26.4. The lowest BCUT2D eigenvalue weighted by Gasteiger charge is -2.23. The van der Waals surface area contributed by atoms with E-state index in [9.17, 15) is 13.2 Å². The lowest BCUT2D eigenvalue weighted by Crippen LogP contribution is -2.32. The predicted octanol–water partition coefficient (Wildman–Crippen LogP) is 5.90. The van der Waals surface area contributed by atoms with E-state index < -0.39 is 10.0 Å². The molecule has 0 aliphatic rings. The number of rotatable bonds is 11. The van der Waals surface area contributed by atoms with Crippen LogP contribution in [0.4, 0.5) is 5.69 Å². The monoisotopic (exact) mass is 542 g/mol. The molecule has 0 atom stereocenters. The van der Waals surface area contributed by atoms with Crippen LogP contribution in [0.1, 0.15) is 18.4 Å². The van der Waals surface area contributed by atoms with Gasteiger partial charge in [0.25, 0.3) is 0 Å². The highest BCUT2D eigenvalue weighted by Crippen LogP contribution is 2.31. The Labute approximate surface area is 207 Å². The molecule has 0 aromatic heterocycles. The third-order valence-corrected chi connectivity index (χ3v) is 7.67. The van der Waals surface area contributed by atoms with Crippen molar-refractivity contribution in [2.75, 3.05) is 29.4 Å². The summed E-state index contributed by atoms with van der Waals surface area (Å²) in [5.74, 6) is 1.36. The maximum absolute atomic E-state index is 12.2. The first-order valence-corrected chi connectivity index (χ1v) is 13.8. The van der Waals surface area contributed by atoms with Gasteiger partial charge in [-0.3, -0.25) is 9.10 Å². The average molecular weight is 544 g/mol. The van der Waals surface area contributed by atoms with Crippen LogP contribution in [-0.2, 0) is 20.6 Å². The van der Waals surface area contributed by atoms with E-state index in [0.717, 1.165) is 23.3 Å². The van der Waals surface area contributed by atoms with Crippen molar-refractivity contribution in [3.63, 3.8) is 0 Å². The summed E-state index contributed by atoms with van der Waals surface area (Å²) in [6.07, 6.45) is 1.63. The predicted molar refractivity (Wildman–Crippen MR) is 134 cm³/mol. The van der Waals surface area contributed by atoms with Gasteiger partial charge in [0.2, 0.25) is 15.9 Å². The highest BCUT2D eigenvalue weighted by atomic mass is 35.5. The summed E-state index contributed by atoms with van der Waals surface area (Å²) >= 11 is 25.7. The van der Waals surface area contributed by atoms with Gasteiger partial charge < -0.3 is 5.32 Å². The number of sulfonamides is 1. The van der Waals surface area contributed by atoms with E-state index in [-0.39, 0.29) is 23.9 Å². The minimum Gasteiger partial charge on any atom is -0.355 e. The van der Waals surface area contributed by atoms with Gasteiger partial charge in [-0.2, -0.15) is 11.8 Å². The molecule has 0 saturated heterocycles. The molecule has 0 saturated carbocycles. The van der Waals surface area contributed by atoms with E-state index in [0.29, 0.717) is 33.7 Å². The second-order valence-electron chi connectivity index (χ2n) is 6.69. The maximum atomic E-state index is 12.2. The van der Waals surface area contributed by atoms with Crippen molar-refractivity contribution < 1.29 is 13.2 Å². The van der Waals surface area contributed by atoms with Gasteiger partial charge in [-0.05, 0) is 42.3 Å². The Morgan fingerprint density at radius 3 is 2.42 bits per heavy atom. The molecule has 5 nitrogen and oxygen atoms in total. The number of hydrogen-bond acceptors (Lipinski definition) is 4. The minimum atomic E-state index is -3.57. The molecule has 170 valence electrons. The molecule has 2 aromatic rings. The van der Waals surface area contributed by atoms with Crippen LogP contribution in [0.2, 0.25) is 20.1 Å². The summed E-state index contributed by atoms with van der Waals surface area (Å²) in [4.78, 5) is 12.1. The molecule has 0 unspecified atom stereocenters. The summed E-state index contributed by atoms with van der Waals surface area (Å²) in [6, 6.07) is 10.1. The van der Waals surface area contributed by atoms with Crippen molar-refractivity contribution in [1.82, 2.24) is 5.32 Å². The van der Waals surface area contributed by atoms with E-state index in [1.165, 1.54) is 10.4 Å². The van der Waals surface area contributed by atoms with E-state index in [2.05, 4.69) is 5.32 Å². The fourth-order valence-electron chi connectivity index (χ4n) is 2.70. The van der Waals surface area contributed by atoms with Crippen molar-refractivity contribution in [2.24, 2.45) is 0 Å². The van der Waals surface area contributed by atoms with E-state index in [4.69, 9.17) is 46.4 Å². The number of halogens is 4. The minimum absolute atomic E-state index is 0.123. The van der Waals surface area contributed by atoms with Gasteiger partial charge in [0.15, 0.2) is 0 Å². The fourth-order valence-corrected chi connectivity index (χ4v) is 5.23. The first-order valence-electron chi connectivity index (χ1n) is 9.29. The van der Waals surface area contributed by atoms with Crippen LogP contribution in [0.15, 0.2) is 36.4 Å². The molecule has 0 radical (unpaired) electrons. The van der Waals surface area contributed by atoms with Gasteiger partial charge in [0.1, 0.15) is 0 Å². The number of thioether (sulfide) groups is 1.